The number of piperidine rings is 1. The molecule has 1 fully saturated rings. The van der Waals surface area contributed by atoms with Gasteiger partial charge < -0.3 is 10.4 Å². The van der Waals surface area contributed by atoms with Gasteiger partial charge in [0, 0.05) is 0 Å². The summed E-state index contributed by atoms with van der Waals surface area (Å²) in [4.78, 5) is 37.1. The van der Waals surface area contributed by atoms with Gasteiger partial charge in [-0.3, -0.25) is 19.3 Å². The smallest absolute Gasteiger partial charge is 0.408 e. The van der Waals surface area contributed by atoms with E-state index in [9.17, 15) is 32.7 Å². The van der Waals surface area contributed by atoms with E-state index < -0.39 is 48.2 Å². The summed E-state index contributed by atoms with van der Waals surface area (Å²) in [7, 11) is 0. The molecule has 1 aromatic rings. The summed E-state index contributed by atoms with van der Waals surface area (Å²) < 4.78 is 37.9. The van der Waals surface area contributed by atoms with Crippen LogP contribution in [-0.2, 0) is 4.79 Å². The Balaban J connectivity index is 1.88. The average molecular weight is 328 g/mol. The second kappa shape index (κ2) is 4.97. The standard InChI is InChI=1S/C14H11F3N2O4/c15-14(16,17)9-5-4-7(11(21)18-9)19-12(22)6-2-1-3-8(20)10(6)13(19)23/h1-3,7,9,20H,4-5H2,(H,18,21)/t7-,9-/m1/s1. The highest BCUT2D eigenvalue weighted by Gasteiger charge is 2.50. The second-order valence-electron chi connectivity index (χ2n) is 5.38. The third kappa shape index (κ3) is 2.32. The van der Waals surface area contributed by atoms with Gasteiger partial charge in [-0.15, -0.1) is 0 Å². The number of rotatable bonds is 1. The van der Waals surface area contributed by atoms with Crippen molar-refractivity contribution < 1.29 is 32.7 Å². The number of halogens is 3. The van der Waals surface area contributed by atoms with Gasteiger partial charge in [0.25, 0.3) is 11.8 Å². The number of phenolic OH excluding ortho intramolecular Hbond substituents is 1. The predicted molar refractivity (Wildman–Crippen MR) is 69.6 cm³/mol. The van der Waals surface area contributed by atoms with Crippen LogP contribution in [0.1, 0.15) is 33.6 Å². The summed E-state index contributed by atoms with van der Waals surface area (Å²) >= 11 is 0. The summed E-state index contributed by atoms with van der Waals surface area (Å²) in [6.45, 7) is 0. The largest absolute Gasteiger partial charge is 0.507 e. The van der Waals surface area contributed by atoms with Gasteiger partial charge in [0.15, 0.2) is 0 Å². The number of nitrogens with zero attached hydrogens (tertiary/aromatic N) is 1. The third-order valence-electron chi connectivity index (χ3n) is 3.98. The van der Waals surface area contributed by atoms with Crippen molar-refractivity contribution in [2.75, 3.05) is 0 Å². The number of phenols is 1. The van der Waals surface area contributed by atoms with Gasteiger partial charge in [0.2, 0.25) is 5.91 Å². The monoisotopic (exact) mass is 328 g/mol. The molecule has 3 amide bonds. The van der Waals surface area contributed by atoms with Gasteiger partial charge in [0.05, 0.1) is 11.1 Å². The number of hydrogen-bond donors (Lipinski definition) is 2. The molecular weight excluding hydrogens is 317 g/mol. The Morgan fingerprint density at radius 2 is 1.83 bits per heavy atom. The molecular formula is C14H11F3N2O4. The molecule has 0 spiro atoms. The van der Waals surface area contributed by atoms with Gasteiger partial charge in [0.1, 0.15) is 17.8 Å². The Bertz CT molecular complexity index is 716. The van der Waals surface area contributed by atoms with E-state index in [0.29, 0.717) is 4.90 Å². The first-order valence-electron chi connectivity index (χ1n) is 6.78. The molecule has 3 rings (SSSR count). The third-order valence-corrected chi connectivity index (χ3v) is 3.98. The van der Waals surface area contributed by atoms with Gasteiger partial charge in [-0.1, -0.05) is 6.07 Å². The molecule has 1 saturated heterocycles. The number of hydrogen-bond acceptors (Lipinski definition) is 4. The highest BCUT2D eigenvalue weighted by atomic mass is 19.4. The van der Waals surface area contributed by atoms with Crippen molar-refractivity contribution in [2.24, 2.45) is 0 Å². The number of alkyl halides is 3. The average Bonchev–Trinajstić information content (AvgIpc) is 2.71. The fourth-order valence-corrected chi connectivity index (χ4v) is 2.86. The summed E-state index contributed by atoms with van der Waals surface area (Å²) in [5.74, 6) is -3.12. The predicted octanol–water partition coefficient (Wildman–Crippen LogP) is 1.20. The summed E-state index contributed by atoms with van der Waals surface area (Å²) in [6.07, 6.45) is -5.30. The number of fused-ring (bicyclic) bond motifs is 1. The van der Waals surface area contributed by atoms with E-state index in [1.807, 2.05) is 0 Å². The van der Waals surface area contributed by atoms with Crippen LogP contribution in [0, 0.1) is 0 Å². The molecule has 1 aromatic carbocycles. The number of aromatic hydroxyl groups is 1. The summed E-state index contributed by atoms with van der Waals surface area (Å²) in [5, 5.41) is 11.5. The maximum atomic E-state index is 12.6. The molecule has 6 nitrogen and oxygen atoms in total. The SMILES string of the molecule is O=C1N[C@@H](C(F)(F)F)CC[C@H]1N1C(=O)c2cccc(O)c2C1=O. The van der Waals surface area contributed by atoms with Crippen LogP contribution in [-0.4, -0.2) is 46.0 Å². The van der Waals surface area contributed by atoms with E-state index in [0.717, 1.165) is 0 Å². The summed E-state index contributed by atoms with van der Waals surface area (Å²) in [5.41, 5.74) is -0.302. The van der Waals surface area contributed by atoms with Crippen molar-refractivity contribution in [2.45, 2.75) is 31.1 Å². The molecule has 0 saturated carbocycles. The minimum Gasteiger partial charge on any atom is -0.507 e. The topological polar surface area (TPSA) is 86.7 Å². The highest BCUT2D eigenvalue weighted by molar-refractivity contribution is 6.24. The van der Waals surface area contributed by atoms with Crippen molar-refractivity contribution >= 4 is 17.7 Å². The zero-order valence-corrected chi connectivity index (χ0v) is 11.6. The fourth-order valence-electron chi connectivity index (χ4n) is 2.86. The summed E-state index contributed by atoms with van der Waals surface area (Å²) in [6, 6.07) is 0.585. The fraction of sp³-hybridized carbons (Fsp3) is 0.357. The first kappa shape index (κ1) is 15.3. The number of amides is 3. The molecule has 2 aliphatic rings. The van der Waals surface area contributed by atoms with E-state index in [4.69, 9.17) is 0 Å². The lowest BCUT2D eigenvalue weighted by Crippen LogP contribution is -2.59. The maximum absolute atomic E-state index is 12.6. The van der Waals surface area contributed by atoms with Gasteiger partial charge in [-0.2, -0.15) is 13.2 Å². The number of carbonyl (C=O) groups is 3. The van der Waals surface area contributed by atoms with Crippen LogP contribution >= 0.6 is 0 Å². The molecule has 2 heterocycles. The van der Waals surface area contributed by atoms with Crippen LogP contribution in [0.3, 0.4) is 0 Å². The molecule has 9 heteroatoms. The molecule has 2 N–H and O–H groups in total. The Kier molecular flexibility index (Phi) is 3.31. The normalized spacial score (nSPS) is 24.7. The van der Waals surface area contributed by atoms with E-state index >= 15 is 0 Å². The van der Waals surface area contributed by atoms with Crippen LogP contribution in [0.4, 0.5) is 13.2 Å². The lowest BCUT2D eigenvalue weighted by molar-refractivity contribution is -0.169. The quantitative estimate of drug-likeness (QED) is 0.759. The second-order valence-corrected chi connectivity index (χ2v) is 5.38. The van der Waals surface area contributed by atoms with Crippen molar-refractivity contribution in [3.05, 3.63) is 29.3 Å². The van der Waals surface area contributed by atoms with E-state index in [2.05, 4.69) is 0 Å². The molecule has 23 heavy (non-hydrogen) atoms. The molecule has 2 aliphatic heterocycles. The Morgan fingerprint density at radius 1 is 1.13 bits per heavy atom. The Hall–Kier alpha value is -2.58. The molecule has 2 atom stereocenters. The Labute approximate surface area is 127 Å². The number of imide groups is 1. The number of benzene rings is 1. The molecule has 122 valence electrons. The lowest BCUT2D eigenvalue weighted by Gasteiger charge is -2.33. The maximum Gasteiger partial charge on any atom is 0.408 e. The van der Waals surface area contributed by atoms with Crippen molar-refractivity contribution in [1.29, 1.82) is 0 Å². The highest BCUT2D eigenvalue weighted by Crippen LogP contribution is 2.34. The Morgan fingerprint density at radius 3 is 2.39 bits per heavy atom. The van der Waals surface area contributed by atoms with Crippen molar-refractivity contribution in [3.63, 3.8) is 0 Å². The molecule has 0 aromatic heterocycles. The van der Waals surface area contributed by atoms with E-state index in [-0.39, 0.29) is 17.5 Å². The van der Waals surface area contributed by atoms with Gasteiger partial charge >= 0.3 is 6.18 Å². The van der Waals surface area contributed by atoms with Crippen LogP contribution in [0.25, 0.3) is 0 Å². The number of nitrogens with one attached hydrogen (secondary N) is 1. The van der Waals surface area contributed by atoms with Crippen LogP contribution in [0.15, 0.2) is 18.2 Å². The van der Waals surface area contributed by atoms with Crippen LogP contribution in [0.2, 0.25) is 0 Å². The lowest BCUT2D eigenvalue weighted by atomic mass is 9.98. The van der Waals surface area contributed by atoms with E-state index in [1.165, 1.54) is 18.2 Å². The van der Waals surface area contributed by atoms with Gasteiger partial charge in [-0.05, 0) is 25.0 Å². The van der Waals surface area contributed by atoms with E-state index in [1.54, 1.807) is 5.32 Å². The molecule has 0 radical (unpaired) electrons. The molecule has 0 aliphatic carbocycles. The van der Waals surface area contributed by atoms with Crippen molar-refractivity contribution in [3.8, 4) is 5.75 Å². The zero-order chi connectivity index (χ0) is 16.9. The first-order valence-corrected chi connectivity index (χ1v) is 6.78. The van der Waals surface area contributed by atoms with Crippen LogP contribution < -0.4 is 5.32 Å². The van der Waals surface area contributed by atoms with Crippen LogP contribution in [0.5, 0.6) is 5.75 Å². The minimum atomic E-state index is -4.58. The zero-order valence-electron chi connectivity index (χ0n) is 11.6. The van der Waals surface area contributed by atoms with Crippen molar-refractivity contribution in [1.82, 2.24) is 10.2 Å². The molecule has 0 bridgehead atoms. The molecule has 0 unspecified atom stereocenters. The minimum absolute atomic E-state index is 0.0688. The van der Waals surface area contributed by atoms with Gasteiger partial charge in [-0.25, -0.2) is 0 Å². The number of carbonyl (C=O) groups excluding carboxylic acids is 3. The first-order chi connectivity index (χ1) is 10.7.